The molecular formula is C13H18N2O. The molecule has 86 valence electrons. The lowest BCUT2D eigenvalue weighted by Gasteiger charge is -2.20. The van der Waals surface area contributed by atoms with Crippen LogP contribution in [-0.2, 0) is 0 Å². The second-order valence-electron chi connectivity index (χ2n) is 4.43. The summed E-state index contributed by atoms with van der Waals surface area (Å²) in [5.74, 6) is 0.402. The van der Waals surface area contributed by atoms with Crippen molar-refractivity contribution in [3.63, 3.8) is 0 Å². The van der Waals surface area contributed by atoms with E-state index in [-0.39, 0.29) is 12.6 Å². The van der Waals surface area contributed by atoms with Gasteiger partial charge in [0.25, 0.3) is 0 Å². The monoisotopic (exact) mass is 218 g/mol. The van der Waals surface area contributed by atoms with Crippen molar-refractivity contribution in [3.8, 4) is 0 Å². The molecule has 0 bridgehead atoms. The van der Waals surface area contributed by atoms with Crippen molar-refractivity contribution in [3.05, 3.63) is 30.5 Å². The zero-order valence-electron chi connectivity index (χ0n) is 9.70. The summed E-state index contributed by atoms with van der Waals surface area (Å²) in [6, 6.07) is 8.24. The maximum absolute atomic E-state index is 9.29. The van der Waals surface area contributed by atoms with E-state index in [4.69, 9.17) is 0 Å². The Morgan fingerprint density at radius 1 is 1.31 bits per heavy atom. The number of hydrogen-bond donors (Lipinski definition) is 3. The smallest absolute Gasteiger partial charge is 0.0635 e. The number of para-hydroxylation sites is 1. The van der Waals surface area contributed by atoms with Gasteiger partial charge in [-0.15, -0.1) is 0 Å². The maximum Gasteiger partial charge on any atom is 0.0635 e. The fourth-order valence-electron chi connectivity index (χ4n) is 1.81. The van der Waals surface area contributed by atoms with E-state index in [1.54, 1.807) is 0 Å². The molecule has 3 heteroatoms. The highest BCUT2D eigenvalue weighted by molar-refractivity contribution is 5.92. The third-order valence-electron chi connectivity index (χ3n) is 2.93. The number of aliphatic hydroxyl groups is 1. The molecule has 0 radical (unpaired) electrons. The highest BCUT2D eigenvalue weighted by atomic mass is 16.3. The highest BCUT2D eigenvalue weighted by Gasteiger charge is 2.13. The van der Waals surface area contributed by atoms with Crippen molar-refractivity contribution in [2.24, 2.45) is 5.92 Å². The molecule has 1 unspecified atom stereocenters. The quantitative estimate of drug-likeness (QED) is 0.738. The fraction of sp³-hybridized carbons (Fsp3) is 0.385. The van der Waals surface area contributed by atoms with Crippen LogP contribution in [0, 0.1) is 5.92 Å². The molecule has 0 spiro atoms. The Balaban J connectivity index is 2.27. The zero-order chi connectivity index (χ0) is 11.5. The van der Waals surface area contributed by atoms with Crippen LogP contribution in [0.15, 0.2) is 30.5 Å². The molecule has 1 aromatic carbocycles. The SMILES string of the molecule is CC(C)C(CO)Nc1c[nH]c2ccccc12. The number of benzene rings is 1. The summed E-state index contributed by atoms with van der Waals surface area (Å²) in [5, 5.41) is 13.8. The predicted octanol–water partition coefficient (Wildman–Crippen LogP) is 2.60. The molecular weight excluding hydrogens is 200 g/mol. The number of nitrogens with one attached hydrogen (secondary N) is 2. The van der Waals surface area contributed by atoms with Gasteiger partial charge in [0.05, 0.1) is 18.3 Å². The molecule has 0 fully saturated rings. The van der Waals surface area contributed by atoms with E-state index in [0.29, 0.717) is 5.92 Å². The summed E-state index contributed by atoms with van der Waals surface area (Å²) < 4.78 is 0. The van der Waals surface area contributed by atoms with Crippen molar-refractivity contribution in [2.75, 3.05) is 11.9 Å². The predicted molar refractivity (Wildman–Crippen MR) is 67.6 cm³/mol. The molecule has 0 amide bonds. The van der Waals surface area contributed by atoms with E-state index in [0.717, 1.165) is 11.2 Å². The summed E-state index contributed by atoms with van der Waals surface area (Å²) in [6.45, 7) is 4.35. The lowest BCUT2D eigenvalue weighted by atomic mass is 10.1. The number of rotatable bonds is 4. The minimum Gasteiger partial charge on any atom is -0.394 e. The van der Waals surface area contributed by atoms with Gasteiger partial charge in [0.1, 0.15) is 0 Å². The molecule has 0 aliphatic carbocycles. The molecule has 2 aromatic rings. The first-order valence-electron chi connectivity index (χ1n) is 5.66. The molecule has 3 nitrogen and oxygen atoms in total. The highest BCUT2D eigenvalue weighted by Crippen LogP contribution is 2.24. The number of hydrogen-bond acceptors (Lipinski definition) is 2. The number of aromatic nitrogens is 1. The number of anilines is 1. The van der Waals surface area contributed by atoms with Crippen LogP contribution in [0.5, 0.6) is 0 Å². The van der Waals surface area contributed by atoms with E-state index < -0.39 is 0 Å². The maximum atomic E-state index is 9.29. The third kappa shape index (κ3) is 2.04. The molecule has 16 heavy (non-hydrogen) atoms. The van der Waals surface area contributed by atoms with Crippen molar-refractivity contribution in [1.29, 1.82) is 0 Å². The summed E-state index contributed by atoms with van der Waals surface area (Å²) in [4.78, 5) is 3.21. The van der Waals surface area contributed by atoms with Crippen LogP contribution in [0.4, 0.5) is 5.69 Å². The van der Waals surface area contributed by atoms with Crippen LogP contribution in [0.25, 0.3) is 10.9 Å². The lowest BCUT2D eigenvalue weighted by molar-refractivity contribution is 0.249. The topological polar surface area (TPSA) is 48.0 Å². The van der Waals surface area contributed by atoms with Crippen LogP contribution in [0.3, 0.4) is 0 Å². The minimum absolute atomic E-state index is 0.0965. The van der Waals surface area contributed by atoms with Crippen molar-refractivity contribution < 1.29 is 5.11 Å². The van der Waals surface area contributed by atoms with Crippen LogP contribution in [-0.4, -0.2) is 22.7 Å². The number of fused-ring (bicyclic) bond motifs is 1. The van der Waals surface area contributed by atoms with E-state index in [1.165, 1.54) is 5.39 Å². The molecule has 0 aliphatic rings. The molecule has 3 N–H and O–H groups in total. The molecule has 1 aromatic heterocycles. The Kier molecular flexibility index (Phi) is 3.15. The van der Waals surface area contributed by atoms with Crippen LogP contribution >= 0.6 is 0 Å². The Morgan fingerprint density at radius 2 is 2.06 bits per heavy atom. The van der Waals surface area contributed by atoms with Gasteiger partial charge in [-0.05, 0) is 12.0 Å². The van der Waals surface area contributed by atoms with Crippen LogP contribution in [0.1, 0.15) is 13.8 Å². The third-order valence-corrected chi connectivity index (χ3v) is 2.93. The van der Waals surface area contributed by atoms with E-state index in [9.17, 15) is 5.11 Å². The van der Waals surface area contributed by atoms with Crippen LogP contribution in [0.2, 0.25) is 0 Å². The minimum atomic E-state index is 0.0965. The van der Waals surface area contributed by atoms with Gasteiger partial charge in [-0.2, -0.15) is 0 Å². The summed E-state index contributed by atoms with van der Waals surface area (Å²) in [5.41, 5.74) is 2.17. The van der Waals surface area contributed by atoms with E-state index in [1.807, 2.05) is 24.4 Å². The zero-order valence-corrected chi connectivity index (χ0v) is 9.70. The molecule has 0 saturated heterocycles. The largest absolute Gasteiger partial charge is 0.394 e. The van der Waals surface area contributed by atoms with Gasteiger partial charge in [-0.1, -0.05) is 32.0 Å². The Bertz CT molecular complexity index is 462. The number of aliphatic hydroxyl groups excluding tert-OH is 1. The summed E-state index contributed by atoms with van der Waals surface area (Å²) in [6.07, 6.45) is 1.95. The number of aromatic amines is 1. The second-order valence-corrected chi connectivity index (χ2v) is 4.43. The van der Waals surface area contributed by atoms with Crippen molar-refractivity contribution in [2.45, 2.75) is 19.9 Å². The Labute approximate surface area is 95.5 Å². The van der Waals surface area contributed by atoms with E-state index in [2.05, 4.69) is 30.2 Å². The van der Waals surface area contributed by atoms with Gasteiger partial charge in [-0.3, -0.25) is 0 Å². The average molecular weight is 218 g/mol. The number of H-pyrrole nitrogens is 1. The van der Waals surface area contributed by atoms with Gasteiger partial charge in [0, 0.05) is 17.1 Å². The lowest BCUT2D eigenvalue weighted by Crippen LogP contribution is -2.29. The Hall–Kier alpha value is -1.48. The molecule has 1 heterocycles. The Morgan fingerprint density at radius 3 is 2.75 bits per heavy atom. The summed E-state index contributed by atoms with van der Waals surface area (Å²) >= 11 is 0. The van der Waals surface area contributed by atoms with Gasteiger partial charge >= 0.3 is 0 Å². The van der Waals surface area contributed by atoms with Crippen molar-refractivity contribution in [1.82, 2.24) is 4.98 Å². The standard InChI is InChI=1S/C13H18N2O/c1-9(2)13(8-16)15-12-7-14-11-6-4-3-5-10(11)12/h3-7,9,13-16H,8H2,1-2H3. The first-order chi connectivity index (χ1) is 7.72. The van der Waals surface area contributed by atoms with Crippen molar-refractivity contribution >= 4 is 16.6 Å². The summed E-state index contributed by atoms with van der Waals surface area (Å²) in [7, 11) is 0. The van der Waals surface area contributed by atoms with Gasteiger partial charge < -0.3 is 15.4 Å². The van der Waals surface area contributed by atoms with Gasteiger partial charge in [0.2, 0.25) is 0 Å². The normalized spacial score (nSPS) is 13.2. The van der Waals surface area contributed by atoms with Gasteiger partial charge in [-0.25, -0.2) is 0 Å². The van der Waals surface area contributed by atoms with Gasteiger partial charge in [0.15, 0.2) is 0 Å². The first kappa shape index (κ1) is 11.0. The second kappa shape index (κ2) is 4.58. The molecule has 2 rings (SSSR count). The molecule has 1 atom stereocenters. The average Bonchev–Trinajstić information content (AvgIpc) is 2.69. The first-order valence-corrected chi connectivity index (χ1v) is 5.66. The van der Waals surface area contributed by atoms with Crippen LogP contribution < -0.4 is 5.32 Å². The molecule has 0 saturated carbocycles. The van der Waals surface area contributed by atoms with E-state index >= 15 is 0 Å². The molecule has 0 aliphatic heterocycles. The fourth-order valence-corrected chi connectivity index (χ4v) is 1.81.